The highest BCUT2D eigenvalue weighted by Crippen LogP contribution is 2.20. The van der Waals surface area contributed by atoms with Gasteiger partial charge in [-0.1, -0.05) is 5.16 Å². The minimum atomic E-state index is -0.534. The third kappa shape index (κ3) is 3.40. The quantitative estimate of drug-likeness (QED) is 0.787. The maximum absolute atomic E-state index is 12.9. The van der Waals surface area contributed by atoms with Crippen molar-refractivity contribution in [2.45, 2.75) is 13.0 Å². The van der Waals surface area contributed by atoms with Crippen LogP contribution in [0.25, 0.3) is 11.4 Å². The molecule has 3 rings (SSSR count). The van der Waals surface area contributed by atoms with Gasteiger partial charge in [0.25, 0.3) is 5.91 Å². The van der Waals surface area contributed by atoms with Crippen LogP contribution in [0.4, 0.5) is 4.39 Å². The summed E-state index contributed by atoms with van der Waals surface area (Å²) in [5, 5.41) is 6.59. The molecule has 0 saturated carbocycles. The van der Waals surface area contributed by atoms with Crippen LogP contribution in [0.1, 0.15) is 29.4 Å². The molecule has 0 aliphatic carbocycles. The van der Waals surface area contributed by atoms with E-state index in [1.807, 2.05) is 0 Å². The zero-order valence-electron chi connectivity index (χ0n) is 11.9. The Bertz CT molecular complexity index is 829. The summed E-state index contributed by atoms with van der Waals surface area (Å²) in [5.74, 6) is -0.196. The minimum Gasteiger partial charge on any atom is -0.440 e. The van der Waals surface area contributed by atoms with Crippen LogP contribution >= 0.6 is 11.6 Å². The monoisotopic (exact) mass is 335 g/mol. The second-order valence-corrected chi connectivity index (χ2v) is 5.13. The molecule has 0 aliphatic heterocycles. The maximum Gasteiger partial charge on any atom is 0.287 e. The molecule has 1 aromatic carbocycles. The van der Waals surface area contributed by atoms with E-state index in [-0.39, 0.29) is 22.7 Å². The molecular weight excluding hydrogens is 325 g/mol. The van der Waals surface area contributed by atoms with E-state index in [2.05, 4.69) is 15.5 Å². The Morgan fingerprint density at radius 2 is 2.00 bits per heavy atom. The topological polar surface area (TPSA) is 81.2 Å². The Kier molecular flexibility index (Phi) is 4.12. The van der Waals surface area contributed by atoms with E-state index in [4.69, 9.17) is 20.5 Å². The van der Waals surface area contributed by atoms with Crippen molar-refractivity contribution in [3.05, 3.63) is 59.1 Å². The predicted molar refractivity (Wildman–Crippen MR) is 79.3 cm³/mol. The van der Waals surface area contributed by atoms with E-state index in [1.165, 1.54) is 36.4 Å². The average molecular weight is 336 g/mol. The molecule has 1 amide bonds. The first kappa shape index (κ1) is 15.2. The summed E-state index contributed by atoms with van der Waals surface area (Å²) >= 11 is 5.63. The van der Waals surface area contributed by atoms with Crippen LogP contribution in [-0.2, 0) is 0 Å². The standard InChI is InChI=1S/C15H11ClFN3O3/c1-8(18-14(21)11-6-7-12(16)22-11)15-19-13(20-23-15)9-2-4-10(17)5-3-9/h2-8H,1H3,(H,18,21). The van der Waals surface area contributed by atoms with E-state index in [9.17, 15) is 9.18 Å². The first-order chi connectivity index (χ1) is 11.0. The van der Waals surface area contributed by atoms with Crippen LogP contribution in [0.3, 0.4) is 0 Å². The van der Waals surface area contributed by atoms with Crippen LogP contribution in [0, 0.1) is 5.82 Å². The van der Waals surface area contributed by atoms with Crippen molar-refractivity contribution >= 4 is 17.5 Å². The molecule has 0 radical (unpaired) electrons. The molecule has 0 saturated heterocycles. The zero-order chi connectivity index (χ0) is 16.4. The van der Waals surface area contributed by atoms with Crippen LogP contribution < -0.4 is 5.32 Å². The predicted octanol–water partition coefficient (Wildman–Crippen LogP) is 3.61. The molecular formula is C15H11ClFN3O3. The van der Waals surface area contributed by atoms with Crippen molar-refractivity contribution in [3.8, 4) is 11.4 Å². The van der Waals surface area contributed by atoms with Gasteiger partial charge in [0.1, 0.15) is 11.9 Å². The molecule has 0 aliphatic rings. The van der Waals surface area contributed by atoms with E-state index in [0.717, 1.165) is 0 Å². The number of nitrogens with zero attached hydrogens (tertiary/aromatic N) is 2. The van der Waals surface area contributed by atoms with Gasteiger partial charge in [-0.3, -0.25) is 4.79 Å². The highest BCUT2D eigenvalue weighted by molar-refractivity contribution is 6.29. The number of hydrogen-bond acceptors (Lipinski definition) is 5. The lowest BCUT2D eigenvalue weighted by molar-refractivity contribution is 0.0904. The number of furan rings is 1. The minimum absolute atomic E-state index is 0.0834. The van der Waals surface area contributed by atoms with Gasteiger partial charge in [-0.05, 0) is 54.9 Å². The van der Waals surface area contributed by atoms with Crippen LogP contribution in [0.2, 0.25) is 5.22 Å². The Morgan fingerprint density at radius 1 is 1.26 bits per heavy atom. The van der Waals surface area contributed by atoms with Crippen molar-refractivity contribution < 1.29 is 18.1 Å². The molecule has 8 heteroatoms. The van der Waals surface area contributed by atoms with E-state index < -0.39 is 11.9 Å². The lowest BCUT2D eigenvalue weighted by atomic mass is 10.2. The molecule has 0 spiro atoms. The third-order valence-corrected chi connectivity index (χ3v) is 3.26. The van der Waals surface area contributed by atoms with E-state index in [0.29, 0.717) is 11.4 Å². The number of nitrogens with one attached hydrogen (secondary N) is 1. The van der Waals surface area contributed by atoms with Gasteiger partial charge in [0, 0.05) is 5.56 Å². The third-order valence-electron chi connectivity index (χ3n) is 3.06. The Morgan fingerprint density at radius 3 is 2.65 bits per heavy atom. The fourth-order valence-corrected chi connectivity index (χ4v) is 2.04. The van der Waals surface area contributed by atoms with Crippen molar-refractivity contribution in [1.29, 1.82) is 0 Å². The summed E-state index contributed by atoms with van der Waals surface area (Å²) in [6.07, 6.45) is 0. The highest BCUT2D eigenvalue weighted by Gasteiger charge is 2.19. The Balaban J connectivity index is 1.72. The van der Waals surface area contributed by atoms with Crippen molar-refractivity contribution in [3.63, 3.8) is 0 Å². The second-order valence-electron chi connectivity index (χ2n) is 4.76. The molecule has 6 nitrogen and oxygen atoms in total. The molecule has 0 bridgehead atoms. The number of carbonyl (C=O) groups is 1. The van der Waals surface area contributed by atoms with Gasteiger partial charge in [0.15, 0.2) is 11.0 Å². The number of rotatable bonds is 4. The fraction of sp³-hybridized carbons (Fsp3) is 0.133. The molecule has 1 N–H and O–H groups in total. The molecule has 0 fully saturated rings. The van der Waals surface area contributed by atoms with E-state index in [1.54, 1.807) is 6.92 Å². The first-order valence-electron chi connectivity index (χ1n) is 6.68. The van der Waals surface area contributed by atoms with Crippen molar-refractivity contribution in [2.75, 3.05) is 0 Å². The molecule has 118 valence electrons. The lowest BCUT2D eigenvalue weighted by Crippen LogP contribution is -2.26. The smallest absolute Gasteiger partial charge is 0.287 e. The van der Waals surface area contributed by atoms with Gasteiger partial charge >= 0.3 is 0 Å². The molecule has 1 unspecified atom stereocenters. The lowest BCUT2D eigenvalue weighted by Gasteiger charge is -2.07. The average Bonchev–Trinajstić information content (AvgIpc) is 3.17. The van der Waals surface area contributed by atoms with Gasteiger partial charge in [-0.25, -0.2) is 4.39 Å². The van der Waals surface area contributed by atoms with E-state index >= 15 is 0 Å². The molecule has 3 aromatic rings. The van der Waals surface area contributed by atoms with Crippen LogP contribution in [0.15, 0.2) is 45.3 Å². The zero-order valence-corrected chi connectivity index (χ0v) is 12.7. The first-order valence-corrected chi connectivity index (χ1v) is 7.06. The largest absolute Gasteiger partial charge is 0.440 e. The summed E-state index contributed by atoms with van der Waals surface area (Å²) in [5.41, 5.74) is 0.609. The number of carbonyl (C=O) groups excluding carboxylic acids is 1. The summed E-state index contributed by atoms with van der Waals surface area (Å²) in [6.45, 7) is 1.68. The highest BCUT2D eigenvalue weighted by atomic mass is 35.5. The summed E-state index contributed by atoms with van der Waals surface area (Å²) in [7, 11) is 0. The normalized spacial score (nSPS) is 12.1. The number of amides is 1. The number of halogens is 2. The molecule has 23 heavy (non-hydrogen) atoms. The van der Waals surface area contributed by atoms with Gasteiger partial charge in [0.05, 0.1) is 0 Å². The van der Waals surface area contributed by atoms with Crippen molar-refractivity contribution in [2.24, 2.45) is 0 Å². The number of aromatic nitrogens is 2. The number of hydrogen-bond donors (Lipinski definition) is 1. The SMILES string of the molecule is CC(NC(=O)c1ccc(Cl)o1)c1nc(-c2ccc(F)cc2)no1. The van der Waals surface area contributed by atoms with Crippen LogP contribution in [0.5, 0.6) is 0 Å². The molecule has 2 aromatic heterocycles. The maximum atomic E-state index is 12.9. The molecule has 2 heterocycles. The van der Waals surface area contributed by atoms with Gasteiger partial charge in [-0.2, -0.15) is 4.98 Å². The van der Waals surface area contributed by atoms with Crippen LogP contribution in [-0.4, -0.2) is 16.0 Å². The Labute approximate surface area is 135 Å². The van der Waals surface area contributed by atoms with Crippen molar-refractivity contribution in [1.82, 2.24) is 15.5 Å². The molecule has 1 atom stereocenters. The summed E-state index contributed by atoms with van der Waals surface area (Å²) in [6, 6.07) is 8.08. The summed E-state index contributed by atoms with van der Waals surface area (Å²) in [4.78, 5) is 16.2. The number of benzene rings is 1. The summed E-state index contributed by atoms with van der Waals surface area (Å²) < 4.78 is 23.1. The van der Waals surface area contributed by atoms with Gasteiger partial charge < -0.3 is 14.3 Å². The van der Waals surface area contributed by atoms with Gasteiger partial charge in [0.2, 0.25) is 11.7 Å². The van der Waals surface area contributed by atoms with Gasteiger partial charge in [-0.15, -0.1) is 0 Å². The fourth-order valence-electron chi connectivity index (χ4n) is 1.89. The Hall–Kier alpha value is -2.67. The second kappa shape index (κ2) is 6.21.